The predicted octanol–water partition coefficient (Wildman–Crippen LogP) is 5.20. The quantitative estimate of drug-likeness (QED) is 0.362. The van der Waals surface area contributed by atoms with Crippen molar-refractivity contribution in [1.29, 1.82) is 0 Å². The van der Waals surface area contributed by atoms with Crippen LogP contribution >= 0.6 is 22.7 Å². The van der Waals surface area contributed by atoms with Crippen LogP contribution in [0.1, 0.15) is 42.3 Å². The first-order valence-corrected chi connectivity index (χ1v) is 12.7. The highest BCUT2D eigenvalue weighted by atomic mass is 32.1. The van der Waals surface area contributed by atoms with E-state index in [0.717, 1.165) is 34.6 Å². The smallest absolute Gasteiger partial charge is 0.383 e. The van der Waals surface area contributed by atoms with Crippen LogP contribution in [0.3, 0.4) is 0 Å². The van der Waals surface area contributed by atoms with E-state index in [1.165, 1.54) is 28.7 Å². The number of anilines is 1. The molecule has 11 heteroatoms. The molecule has 3 N–H and O–H groups in total. The first kappa shape index (κ1) is 25.1. The summed E-state index contributed by atoms with van der Waals surface area (Å²) in [6.07, 6.45) is -3.37. The van der Waals surface area contributed by atoms with Gasteiger partial charge in [-0.1, -0.05) is 0 Å². The number of ether oxygens (including phenoxy) is 1. The molecule has 0 saturated carbocycles. The second kappa shape index (κ2) is 10.3. The summed E-state index contributed by atoms with van der Waals surface area (Å²) in [7, 11) is 1.62. The molecule has 0 aliphatic carbocycles. The maximum atomic E-state index is 13.2. The first-order valence-electron chi connectivity index (χ1n) is 11.1. The Labute approximate surface area is 203 Å². The first-order chi connectivity index (χ1) is 16.2. The van der Waals surface area contributed by atoms with Crippen LogP contribution in [-0.4, -0.2) is 43.7 Å². The minimum Gasteiger partial charge on any atom is -0.383 e. The van der Waals surface area contributed by atoms with Gasteiger partial charge in [0.1, 0.15) is 10.0 Å². The number of halogens is 3. The van der Waals surface area contributed by atoms with Crippen LogP contribution in [-0.2, 0) is 22.1 Å². The molecule has 2 atom stereocenters. The van der Waals surface area contributed by atoms with Crippen molar-refractivity contribution in [3.63, 3.8) is 0 Å². The Balaban J connectivity index is 1.67. The lowest BCUT2D eigenvalue weighted by Gasteiger charge is -2.26. The third-order valence-corrected chi connectivity index (χ3v) is 8.05. The highest BCUT2D eigenvalue weighted by Crippen LogP contribution is 2.48. The minimum atomic E-state index is -4.42. The molecule has 6 nitrogen and oxygen atoms in total. The second-order valence-electron chi connectivity index (χ2n) is 8.38. The molecule has 0 fully saturated rings. The van der Waals surface area contributed by atoms with Crippen molar-refractivity contribution in [3.05, 3.63) is 34.2 Å². The number of thiophene rings is 1. The van der Waals surface area contributed by atoms with Crippen LogP contribution in [0, 0.1) is 0 Å². The van der Waals surface area contributed by atoms with Gasteiger partial charge in [0.2, 0.25) is 5.91 Å². The van der Waals surface area contributed by atoms with E-state index in [9.17, 15) is 18.0 Å². The fourth-order valence-electron chi connectivity index (χ4n) is 4.12. The number of hydrogen-bond acceptors (Lipinski definition) is 7. The van der Waals surface area contributed by atoms with Crippen LogP contribution in [0.4, 0.5) is 18.2 Å². The monoisotopic (exact) mass is 512 g/mol. The molecule has 3 heterocycles. The lowest BCUT2D eigenvalue weighted by atomic mass is 9.95. The number of nitrogens with one attached hydrogen (secondary N) is 3. The van der Waals surface area contributed by atoms with Crippen molar-refractivity contribution in [2.75, 3.05) is 32.1 Å². The minimum absolute atomic E-state index is 0.107. The molecule has 0 unspecified atom stereocenters. The Bertz CT molecular complexity index is 1180. The summed E-state index contributed by atoms with van der Waals surface area (Å²) in [5, 5.41) is 11.0. The van der Waals surface area contributed by atoms with E-state index in [-0.39, 0.29) is 18.0 Å². The number of methoxy groups -OCH3 is 1. The number of fused-ring (bicyclic) bond motifs is 2. The Morgan fingerprint density at radius 3 is 2.79 bits per heavy atom. The third kappa shape index (κ3) is 5.44. The summed E-state index contributed by atoms with van der Waals surface area (Å²) >= 11 is 2.86. The molecule has 2 aromatic heterocycles. The average molecular weight is 513 g/mol. The van der Waals surface area contributed by atoms with Crippen molar-refractivity contribution in [1.82, 2.24) is 15.6 Å². The van der Waals surface area contributed by atoms with Gasteiger partial charge in [-0.2, -0.15) is 13.2 Å². The third-order valence-electron chi connectivity index (χ3n) is 5.67. The number of carbonyl (C=O) groups is 1. The van der Waals surface area contributed by atoms with Crippen LogP contribution < -0.4 is 16.0 Å². The van der Waals surface area contributed by atoms with Crippen molar-refractivity contribution < 1.29 is 22.7 Å². The summed E-state index contributed by atoms with van der Waals surface area (Å²) in [4.78, 5) is 18.4. The summed E-state index contributed by atoms with van der Waals surface area (Å²) in [5.74, 6) is -0.126. The zero-order valence-corrected chi connectivity index (χ0v) is 20.8. The number of amides is 1. The lowest BCUT2D eigenvalue weighted by molar-refractivity contribution is -0.137. The number of thiazole rings is 1. The maximum Gasteiger partial charge on any atom is 0.416 e. The summed E-state index contributed by atoms with van der Waals surface area (Å²) in [5.41, 5.74) is 1.53. The maximum absolute atomic E-state index is 13.2. The number of nitrogens with zero attached hydrogens (tertiary/aromatic N) is 1. The normalized spacial score (nSPS) is 18.3. The van der Waals surface area contributed by atoms with E-state index in [2.05, 4.69) is 34.8 Å². The van der Waals surface area contributed by atoms with E-state index >= 15 is 0 Å². The topological polar surface area (TPSA) is 75.3 Å². The molecule has 1 aliphatic rings. The standard InChI is InChI=1S/C23H27F3N4O2S2/c1-12-10-15-19(21-29-16-11-14(23(24,25)26)4-5-17(16)33-21)22(34-20(15)13(2)28-12)30-18(31)6-7-27-8-9-32-3/h4-5,11-13,27-28H,6-10H2,1-3H3,(H,30,31)/t12-,13+/m0/s1. The summed E-state index contributed by atoms with van der Waals surface area (Å²) in [6.45, 7) is 5.92. The fraction of sp³-hybridized carbons (Fsp3) is 0.478. The van der Waals surface area contributed by atoms with Gasteiger partial charge >= 0.3 is 6.18 Å². The number of rotatable bonds is 8. The van der Waals surface area contributed by atoms with Gasteiger partial charge in [0.05, 0.1) is 22.4 Å². The van der Waals surface area contributed by atoms with E-state index in [1.54, 1.807) is 7.11 Å². The van der Waals surface area contributed by atoms with Gasteiger partial charge < -0.3 is 20.7 Å². The van der Waals surface area contributed by atoms with Gasteiger partial charge in [-0.15, -0.1) is 22.7 Å². The van der Waals surface area contributed by atoms with Gasteiger partial charge in [-0.3, -0.25) is 4.79 Å². The van der Waals surface area contributed by atoms with Crippen LogP contribution in [0.25, 0.3) is 20.8 Å². The SMILES string of the molecule is COCCNCCC(=O)Nc1sc2c(c1-c1nc3cc(C(F)(F)F)ccc3s1)C[C@H](C)N[C@@H]2C. The highest BCUT2D eigenvalue weighted by molar-refractivity contribution is 7.23. The fourth-order valence-corrected chi connectivity index (χ4v) is 6.47. The van der Waals surface area contributed by atoms with E-state index in [4.69, 9.17) is 4.74 Å². The molecule has 1 aliphatic heterocycles. The van der Waals surface area contributed by atoms with Gasteiger partial charge in [0.15, 0.2) is 0 Å². The summed E-state index contributed by atoms with van der Waals surface area (Å²) in [6, 6.07) is 3.98. The predicted molar refractivity (Wildman–Crippen MR) is 131 cm³/mol. The Hall–Kier alpha value is -2.05. The Morgan fingerprint density at radius 2 is 2.06 bits per heavy atom. The Kier molecular flexibility index (Phi) is 7.58. The van der Waals surface area contributed by atoms with Crippen LogP contribution in [0.2, 0.25) is 0 Å². The average Bonchev–Trinajstić information content (AvgIpc) is 3.33. The molecule has 0 radical (unpaired) electrons. The second-order valence-corrected chi connectivity index (χ2v) is 10.5. The molecular weight excluding hydrogens is 485 g/mol. The van der Waals surface area contributed by atoms with Crippen LogP contribution in [0.15, 0.2) is 18.2 Å². The molecule has 3 aromatic rings. The van der Waals surface area contributed by atoms with Crippen molar-refractivity contribution in [2.24, 2.45) is 0 Å². The molecule has 34 heavy (non-hydrogen) atoms. The van der Waals surface area contributed by atoms with Crippen molar-refractivity contribution in [2.45, 2.75) is 44.9 Å². The summed E-state index contributed by atoms with van der Waals surface area (Å²) < 4.78 is 45.3. The molecule has 4 rings (SSSR count). The number of alkyl halides is 3. The molecule has 0 saturated heterocycles. The number of benzene rings is 1. The van der Waals surface area contributed by atoms with E-state index in [1.807, 2.05) is 0 Å². The van der Waals surface area contributed by atoms with E-state index in [0.29, 0.717) is 46.3 Å². The zero-order chi connectivity index (χ0) is 24.5. The van der Waals surface area contributed by atoms with Gasteiger partial charge in [0, 0.05) is 49.1 Å². The molecule has 0 bridgehead atoms. The highest BCUT2D eigenvalue weighted by Gasteiger charge is 2.32. The number of carbonyl (C=O) groups excluding carboxylic acids is 1. The zero-order valence-electron chi connectivity index (χ0n) is 19.1. The molecular formula is C23H27F3N4O2S2. The lowest BCUT2D eigenvalue weighted by Crippen LogP contribution is -2.35. The van der Waals surface area contributed by atoms with Gasteiger partial charge in [-0.05, 0) is 44.0 Å². The van der Waals surface area contributed by atoms with Crippen molar-refractivity contribution in [3.8, 4) is 10.6 Å². The molecule has 1 amide bonds. The van der Waals surface area contributed by atoms with E-state index < -0.39 is 11.7 Å². The Morgan fingerprint density at radius 1 is 1.26 bits per heavy atom. The number of hydrogen-bond donors (Lipinski definition) is 3. The molecule has 1 aromatic carbocycles. The van der Waals surface area contributed by atoms with Gasteiger partial charge in [0.25, 0.3) is 0 Å². The molecule has 184 valence electrons. The van der Waals surface area contributed by atoms with Gasteiger partial charge in [-0.25, -0.2) is 4.98 Å². The number of aromatic nitrogens is 1. The van der Waals surface area contributed by atoms with Crippen LogP contribution in [0.5, 0.6) is 0 Å². The molecule has 0 spiro atoms. The largest absolute Gasteiger partial charge is 0.416 e. The van der Waals surface area contributed by atoms with Crippen molar-refractivity contribution >= 4 is 43.8 Å².